The first-order chi connectivity index (χ1) is 9.74. The zero-order valence-corrected chi connectivity index (χ0v) is 12.4. The molecule has 1 atom stereocenters. The standard InChI is InChI=1S/C15H22N2O2S/c18-13-7-12(8-13)14(10-1-4-16-5-2-10)17-15(19)11-3-6-20-9-11/h3,6,9-10,12-14,16,18H,1-2,4-5,7-8H2,(H,17,19)/t12?,13?,14-/m1/s1. The quantitative estimate of drug-likeness (QED) is 0.791. The molecule has 0 unspecified atom stereocenters. The third-order valence-electron chi connectivity index (χ3n) is 4.63. The Kier molecular flexibility index (Phi) is 4.38. The number of nitrogens with one attached hydrogen (secondary N) is 2. The lowest BCUT2D eigenvalue weighted by Crippen LogP contribution is -2.52. The highest BCUT2D eigenvalue weighted by atomic mass is 32.1. The fourth-order valence-electron chi connectivity index (χ4n) is 3.38. The maximum atomic E-state index is 12.3. The SMILES string of the molecule is O=C(N[C@H](C1CCNCC1)C1CC(O)C1)c1ccsc1. The molecule has 1 aliphatic heterocycles. The number of amides is 1. The normalized spacial score (nSPS) is 28.6. The number of aliphatic hydroxyl groups is 1. The Bertz CT molecular complexity index is 437. The lowest BCUT2D eigenvalue weighted by atomic mass is 9.71. The summed E-state index contributed by atoms with van der Waals surface area (Å²) in [5.74, 6) is 1.02. The second kappa shape index (κ2) is 6.24. The van der Waals surface area contributed by atoms with Gasteiger partial charge < -0.3 is 15.7 Å². The largest absolute Gasteiger partial charge is 0.393 e. The van der Waals surface area contributed by atoms with Crippen LogP contribution in [0, 0.1) is 11.8 Å². The summed E-state index contributed by atoms with van der Waals surface area (Å²) in [6, 6.07) is 2.09. The molecule has 5 heteroatoms. The summed E-state index contributed by atoms with van der Waals surface area (Å²) in [7, 11) is 0. The Morgan fingerprint density at radius 3 is 2.70 bits per heavy atom. The highest BCUT2D eigenvalue weighted by Crippen LogP contribution is 2.35. The van der Waals surface area contributed by atoms with Gasteiger partial charge >= 0.3 is 0 Å². The average Bonchev–Trinajstić information content (AvgIpc) is 2.97. The van der Waals surface area contributed by atoms with Crippen LogP contribution in [-0.2, 0) is 0 Å². The van der Waals surface area contributed by atoms with Crippen LogP contribution in [0.4, 0.5) is 0 Å². The molecule has 2 aliphatic rings. The van der Waals surface area contributed by atoms with Crippen molar-refractivity contribution < 1.29 is 9.90 Å². The number of piperidine rings is 1. The minimum absolute atomic E-state index is 0.0381. The van der Waals surface area contributed by atoms with Crippen LogP contribution in [0.5, 0.6) is 0 Å². The average molecular weight is 294 g/mol. The molecule has 1 aliphatic carbocycles. The molecule has 1 amide bonds. The third kappa shape index (κ3) is 3.05. The molecule has 3 N–H and O–H groups in total. The molecule has 1 saturated carbocycles. The van der Waals surface area contributed by atoms with Crippen LogP contribution < -0.4 is 10.6 Å². The predicted octanol–water partition coefficient (Wildman–Crippen LogP) is 1.62. The Morgan fingerprint density at radius 2 is 2.10 bits per heavy atom. The van der Waals surface area contributed by atoms with Gasteiger partial charge in [-0.3, -0.25) is 4.79 Å². The van der Waals surface area contributed by atoms with Crippen LogP contribution in [0.2, 0.25) is 0 Å². The van der Waals surface area contributed by atoms with Gasteiger partial charge in [0.25, 0.3) is 5.91 Å². The zero-order chi connectivity index (χ0) is 13.9. The highest BCUT2D eigenvalue weighted by molar-refractivity contribution is 7.08. The van der Waals surface area contributed by atoms with Crippen molar-refractivity contribution in [1.29, 1.82) is 0 Å². The van der Waals surface area contributed by atoms with Gasteiger partial charge in [0.15, 0.2) is 0 Å². The highest BCUT2D eigenvalue weighted by Gasteiger charge is 2.39. The van der Waals surface area contributed by atoms with E-state index in [9.17, 15) is 9.90 Å². The topological polar surface area (TPSA) is 61.4 Å². The first-order valence-electron chi connectivity index (χ1n) is 7.46. The van der Waals surface area contributed by atoms with E-state index in [2.05, 4.69) is 10.6 Å². The lowest BCUT2D eigenvalue weighted by molar-refractivity contribution is 0.00919. The van der Waals surface area contributed by atoms with Crippen molar-refractivity contribution in [3.63, 3.8) is 0 Å². The van der Waals surface area contributed by atoms with E-state index in [4.69, 9.17) is 0 Å². The summed E-state index contributed by atoms with van der Waals surface area (Å²) in [5, 5.41) is 20.0. The van der Waals surface area contributed by atoms with Crippen LogP contribution in [-0.4, -0.2) is 36.2 Å². The van der Waals surface area contributed by atoms with E-state index in [0.717, 1.165) is 44.3 Å². The smallest absolute Gasteiger partial charge is 0.252 e. The van der Waals surface area contributed by atoms with Gasteiger partial charge in [-0.2, -0.15) is 11.3 Å². The summed E-state index contributed by atoms with van der Waals surface area (Å²) in [4.78, 5) is 12.3. The van der Waals surface area contributed by atoms with Gasteiger partial charge in [0.1, 0.15) is 0 Å². The summed E-state index contributed by atoms with van der Waals surface area (Å²) in [5.41, 5.74) is 0.758. The molecule has 4 nitrogen and oxygen atoms in total. The molecule has 2 heterocycles. The fraction of sp³-hybridized carbons (Fsp3) is 0.667. The maximum Gasteiger partial charge on any atom is 0.252 e. The number of carbonyl (C=O) groups is 1. The van der Waals surface area contributed by atoms with Gasteiger partial charge in [0, 0.05) is 17.0 Å². The molecule has 110 valence electrons. The van der Waals surface area contributed by atoms with E-state index in [1.807, 2.05) is 16.8 Å². The lowest BCUT2D eigenvalue weighted by Gasteiger charge is -2.43. The number of hydrogen-bond donors (Lipinski definition) is 3. The van der Waals surface area contributed by atoms with Crippen molar-refractivity contribution >= 4 is 17.2 Å². The summed E-state index contributed by atoms with van der Waals surface area (Å²) in [6.07, 6.45) is 3.72. The van der Waals surface area contributed by atoms with Crippen LogP contribution in [0.3, 0.4) is 0 Å². The minimum atomic E-state index is -0.165. The molecule has 0 aromatic carbocycles. The van der Waals surface area contributed by atoms with E-state index in [-0.39, 0.29) is 18.1 Å². The number of aliphatic hydroxyl groups excluding tert-OH is 1. The van der Waals surface area contributed by atoms with Gasteiger partial charge in [-0.05, 0) is 62.1 Å². The van der Waals surface area contributed by atoms with Gasteiger partial charge in [-0.25, -0.2) is 0 Å². The Hall–Kier alpha value is -0.910. The fourth-order valence-corrected chi connectivity index (χ4v) is 4.01. The monoisotopic (exact) mass is 294 g/mol. The van der Waals surface area contributed by atoms with Gasteiger partial charge in [0.05, 0.1) is 6.10 Å². The second-order valence-electron chi connectivity index (χ2n) is 5.98. The molecule has 1 aromatic rings. The molecular weight excluding hydrogens is 272 g/mol. The summed E-state index contributed by atoms with van der Waals surface area (Å²) in [6.45, 7) is 2.07. The van der Waals surface area contributed by atoms with E-state index in [0.29, 0.717) is 11.8 Å². The third-order valence-corrected chi connectivity index (χ3v) is 5.31. The number of hydrogen-bond acceptors (Lipinski definition) is 4. The van der Waals surface area contributed by atoms with Crippen molar-refractivity contribution in [3.05, 3.63) is 22.4 Å². The molecule has 0 radical (unpaired) electrons. The molecule has 1 aromatic heterocycles. The van der Waals surface area contributed by atoms with Crippen LogP contribution in [0.25, 0.3) is 0 Å². The Morgan fingerprint density at radius 1 is 1.35 bits per heavy atom. The van der Waals surface area contributed by atoms with E-state index in [1.165, 1.54) is 0 Å². The van der Waals surface area contributed by atoms with Gasteiger partial charge in [0.2, 0.25) is 0 Å². The molecule has 1 saturated heterocycles. The Balaban J connectivity index is 1.66. The van der Waals surface area contributed by atoms with Gasteiger partial charge in [-0.15, -0.1) is 0 Å². The number of carbonyl (C=O) groups excluding carboxylic acids is 1. The molecule has 0 bridgehead atoms. The minimum Gasteiger partial charge on any atom is -0.393 e. The van der Waals surface area contributed by atoms with Crippen molar-refractivity contribution in [3.8, 4) is 0 Å². The molecule has 20 heavy (non-hydrogen) atoms. The molecular formula is C15H22N2O2S. The maximum absolute atomic E-state index is 12.3. The first-order valence-corrected chi connectivity index (χ1v) is 8.40. The van der Waals surface area contributed by atoms with Crippen LogP contribution in [0.15, 0.2) is 16.8 Å². The van der Waals surface area contributed by atoms with Crippen LogP contribution >= 0.6 is 11.3 Å². The first kappa shape index (κ1) is 14.0. The van der Waals surface area contributed by atoms with E-state index >= 15 is 0 Å². The van der Waals surface area contributed by atoms with Crippen molar-refractivity contribution in [2.45, 2.75) is 37.8 Å². The van der Waals surface area contributed by atoms with Gasteiger partial charge in [-0.1, -0.05) is 0 Å². The molecule has 3 rings (SSSR count). The van der Waals surface area contributed by atoms with Crippen LogP contribution in [0.1, 0.15) is 36.0 Å². The van der Waals surface area contributed by atoms with E-state index < -0.39 is 0 Å². The second-order valence-corrected chi connectivity index (χ2v) is 6.76. The van der Waals surface area contributed by atoms with E-state index in [1.54, 1.807) is 11.3 Å². The number of rotatable bonds is 4. The molecule has 2 fully saturated rings. The predicted molar refractivity (Wildman–Crippen MR) is 79.9 cm³/mol. The van der Waals surface area contributed by atoms with Crippen molar-refractivity contribution in [1.82, 2.24) is 10.6 Å². The van der Waals surface area contributed by atoms with Crippen molar-refractivity contribution in [2.75, 3.05) is 13.1 Å². The molecule has 0 spiro atoms. The number of thiophene rings is 1. The summed E-state index contributed by atoms with van der Waals surface area (Å²) >= 11 is 1.55. The van der Waals surface area contributed by atoms with Crippen molar-refractivity contribution in [2.24, 2.45) is 11.8 Å². The summed E-state index contributed by atoms with van der Waals surface area (Å²) < 4.78 is 0. The Labute approximate surface area is 123 Å². The zero-order valence-electron chi connectivity index (χ0n) is 11.5.